The van der Waals surface area contributed by atoms with E-state index in [0.717, 1.165) is 17.1 Å². The second-order valence-corrected chi connectivity index (χ2v) is 4.79. The lowest BCUT2D eigenvalue weighted by molar-refractivity contribution is -0.116. The minimum Gasteiger partial charge on any atom is -0.494 e. The van der Waals surface area contributed by atoms with Gasteiger partial charge < -0.3 is 14.8 Å². The highest BCUT2D eigenvalue weighted by Crippen LogP contribution is 2.13. The molecule has 0 aliphatic heterocycles. The third-order valence-electron chi connectivity index (χ3n) is 3.03. The van der Waals surface area contributed by atoms with E-state index in [1.54, 1.807) is 6.08 Å². The summed E-state index contributed by atoms with van der Waals surface area (Å²) in [6.45, 7) is 3.48. The molecule has 0 aliphatic rings. The predicted octanol–water partition coefficient (Wildman–Crippen LogP) is 3.29. The Bertz CT molecular complexity index is 621. The molecule has 0 atom stereocenters. The highest BCUT2D eigenvalue weighted by Gasteiger charge is 1.97. The minimum absolute atomic E-state index is 0.143. The van der Waals surface area contributed by atoms with Gasteiger partial charge >= 0.3 is 0 Å². The topological polar surface area (TPSA) is 47.6 Å². The number of amides is 1. The number of rotatable bonds is 8. The Balaban J connectivity index is 1.69. The molecule has 0 saturated carbocycles. The predicted molar refractivity (Wildman–Crippen MR) is 91.6 cm³/mol. The van der Waals surface area contributed by atoms with E-state index in [4.69, 9.17) is 9.47 Å². The van der Waals surface area contributed by atoms with E-state index in [1.807, 2.05) is 61.5 Å². The zero-order valence-corrected chi connectivity index (χ0v) is 13.2. The highest BCUT2D eigenvalue weighted by atomic mass is 16.5. The number of benzene rings is 2. The van der Waals surface area contributed by atoms with Gasteiger partial charge in [0, 0.05) is 6.08 Å². The molecule has 4 nitrogen and oxygen atoms in total. The van der Waals surface area contributed by atoms with Gasteiger partial charge in [-0.1, -0.05) is 30.3 Å². The SMILES string of the molecule is CCOc1ccc(/C=C/C(=O)NCCOc2ccccc2)cc1. The number of ether oxygens (including phenoxy) is 2. The van der Waals surface area contributed by atoms with Crippen molar-refractivity contribution < 1.29 is 14.3 Å². The monoisotopic (exact) mass is 311 g/mol. The maximum absolute atomic E-state index is 11.7. The Labute approximate surface area is 136 Å². The fraction of sp³-hybridized carbons (Fsp3) is 0.211. The zero-order valence-electron chi connectivity index (χ0n) is 13.2. The Kier molecular flexibility index (Phi) is 6.72. The van der Waals surface area contributed by atoms with Crippen LogP contribution in [0.3, 0.4) is 0 Å². The maximum atomic E-state index is 11.7. The van der Waals surface area contributed by atoms with Crippen LogP contribution in [0, 0.1) is 0 Å². The molecule has 0 heterocycles. The van der Waals surface area contributed by atoms with Crippen LogP contribution < -0.4 is 14.8 Å². The molecule has 0 saturated heterocycles. The summed E-state index contributed by atoms with van der Waals surface area (Å²) in [4.78, 5) is 11.7. The Morgan fingerprint density at radius 3 is 2.39 bits per heavy atom. The van der Waals surface area contributed by atoms with Gasteiger partial charge in [0.25, 0.3) is 0 Å². The molecule has 2 rings (SSSR count). The van der Waals surface area contributed by atoms with Crippen LogP contribution in [0.25, 0.3) is 6.08 Å². The summed E-state index contributed by atoms with van der Waals surface area (Å²) in [5.74, 6) is 1.48. The van der Waals surface area contributed by atoms with Gasteiger partial charge in [-0.3, -0.25) is 4.79 Å². The lowest BCUT2D eigenvalue weighted by atomic mass is 10.2. The molecule has 120 valence electrons. The van der Waals surface area contributed by atoms with Gasteiger partial charge in [-0.15, -0.1) is 0 Å². The zero-order chi connectivity index (χ0) is 16.3. The van der Waals surface area contributed by atoms with Crippen molar-refractivity contribution in [2.24, 2.45) is 0 Å². The first-order valence-corrected chi connectivity index (χ1v) is 7.64. The van der Waals surface area contributed by atoms with Gasteiger partial charge in [-0.25, -0.2) is 0 Å². The summed E-state index contributed by atoms with van der Waals surface area (Å²) in [6.07, 6.45) is 3.28. The quantitative estimate of drug-likeness (QED) is 0.601. The summed E-state index contributed by atoms with van der Waals surface area (Å²) < 4.78 is 10.9. The van der Waals surface area contributed by atoms with Crippen LogP contribution in [-0.4, -0.2) is 25.7 Å². The van der Waals surface area contributed by atoms with E-state index in [9.17, 15) is 4.79 Å². The van der Waals surface area contributed by atoms with E-state index in [1.165, 1.54) is 6.08 Å². The Morgan fingerprint density at radius 1 is 1.00 bits per heavy atom. The number of hydrogen-bond donors (Lipinski definition) is 1. The molecule has 1 N–H and O–H groups in total. The van der Waals surface area contributed by atoms with Crippen molar-refractivity contribution in [1.82, 2.24) is 5.32 Å². The number of nitrogens with one attached hydrogen (secondary N) is 1. The maximum Gasteiger partial charge on any atom is 0.244 e. The molecule has 0 unspecified atom stereocenters. The van der Waals surface area contributed by atoms with Crippen molar-refractivity contribution >= 4 is 12.0 Å². The fourth-order valence-corrected chi connectivity index (χ4v) is 1.93. The van der Waals surface area contributed by atoms with Crippen molar-refractivity contribution in [2.45, 2.75) is 6.92 Å². The van der Waals surface area contributed by atoms with Crippen molar-refractivity contribution in [3.63, 3.8) is 0 Å². The van der Waals surface area contributed by atoms with Crippen molar-refractivity contribution in [2.75, 3.05) is 19.8 Å². The van der Waals surface area contributed by atoms with E-state index < -0.39 is 0 Å². The van der Waals surface area contributed by atoms with Crippen LogP contribution in [0.5, 0.6) is 11.5 Å². The summed E-state index contributed by atoms with van der Waals surface area (Å²) in [7, 11) is 0. The molecule has 23 heavy (non-hydrogen) atoms. The Morgan fingerprint density at radius 2 is 1.70 bits per heavy atom. The first kappa shape index (κ1) is 16.6. The molecule has 1 amide bonds. The van der Waals surface area contributed by atoms with Crippen LogP contribution in [0.15, 0.2) is 60.7 Å². The average Bonchev–Trinajstić information content (AvgIpc) is 2.59. The third kappa shape index (κ3) is 6.26. The number of carbonyl (C=O) groups is 1. The van der Waals surface area contributed by atoms with E-state index in [-0.39, 0.29) is 5.91 Å². The van der Waals surface area contributed by atoms with Crippen LogP contribution in [0.2, 0.25) is 0 Å². The van der Waals surface area contributed by atoms with Crippen molar-refractivity contribution in [3.8, 4) is 11.5 Å². The molecule has 0 aliphatic carbocycles. The number of para-hydroxylation sites is 1. The summed E-state index contributed by atoms with van der Waals surface area (Å²) in [6, 6.07) is 17.1. The Hall–Kier alpha value is -2.75. The van der Waals surface area contributed by atoms with Gasteiger partial charge in [0.1, 0.15) is 18.1 Å². The standard InChI is InChI=1S/C19H21NO3/c1-2-22-18-11-8-16(9-12-18)10-13-19(21)20-14-15-23-17-6-4-3-5-7-17/h3-13H,2,14-15H2,1H3,(H,20,21)/b13-10+. The van der Waals surface area contributed by atoms with Crippen LogP contribution in [-0.2, 0) is 4.79 Å². The first-order chi connectivity index (χ1) is 11.3. The number of hydrogen-bond acceptors (Lipinski definition) is 3. The molecule has 0 radical (unpaired) electrons. The van der Waals surface area contributed by atoms with E-state index >= 15 is 0 Å². The van der Waals surface area contributed by atoms with Gasteiger partial charge in [-0.2, -0.15) is 0 Å². The average molecular weight is 311 g/mol. The second kappa shape index (κ2) is 9.30. The molecular weight excluding hydrogens is 290 g/mol. The summed E-state index contributed by atoms with van der Waals surface area (Å²) in [5.41, 5.74) is 0.948. The van der Waals surface area contributed by atoms with E-state index in [0.29, 0.717) is 19.8 Å². The lowest BCUT2D eigenvalue weighted by Gasteiger charge is -2.06. The molecule has 0 bridgehead atoms. The second-order valence-electron chi connectivity index (χ2n) is 4.79. The molecular formula is C19H21NO3. The number of carbonyl (C=O) groups excluding carboxylic acids is 1. The van der Waals surface area contributed by atoms with Crippen LogP contribution in [0.1, 0.15) is 12.5 Å². The van der Waals surface area contributed by atoms with Gasteiger partial charge in [0.15, 0.2) is 0 Å². The van der Waals surface area contributed by atoms with Crippen LogP contribution >= 0.6 is 0 Å². The fourth-order valence-electron chi connectivity index (χ4n) is 1.93. The lowest BCUT2D eigenvalue weighted by Crippen LogP contribution is -2.26. The van der Waals surface area contributed by atoms with Gasteiger partial charge in [-0.05, 0) is 42.8 Å². The highest BCUT2D eigenvalue weighted by molar-refractivity contribution is 5.91. The van der Waals surface area contributed by atoms with Crippen molar-refractivity contribution in [3.05, 3.63) is 66.2 Å². The van der Waals surface area contributed by atoms with E-state index in [2.05, 4.69) is 5.32 Å². The summed E-state index contributed by atoms with van der Waals surface area (Å²) in [5, 5.41) is 2.78. The molecule has 0 fully saturated rings. The molecule has 2 aromatic rings. The normalized spacial score (nSPS) is 10.5. The minimum atomic E-state index is -0.143. The first-order valence-electron chi connectivity index (χ1n) is 7.64. The molecule has 2 aromatic carbocycles. The van der Waals surface area contributed by atoms with Gasteiger partial charge in [0.2, 0.25) is 5.91 Å². The molecule has 4 heteroatoms. The smallest absolute Gasteiger partial charge is 0.244 e. The largest absolute Gasteiger partial charge is 0.494 e. The van der Waals surface area contributed by atoms with Crippen LogP contribution in [0.4, 0.5) is 0 Å². The van der Waals surface area contributed by atoms with Crippen molar-refractivity contribution in [1.29, 1.82) is 0 Å². The molecule has 0 aromatic heterocycles. The summed E-state index contributed by atoms with van der Waals surface area (Å²) >= 11 is 0. The third-order valence-corrected chi connectivity index (χ3v) is 3.03. The van der Waals surface area contributed by atoms with Gasteiger partial charge in [0.05, 0.1) is 13.2 Å². The molecule has 0 spiro atoms.